The fraction of sp³-hybridized carbons (Fsp3) is 0.480. The number of carbonyl (C=O) groups is 1. The summed E-state index contributed by atoms with van der Waals surface area (Å²) in [5.74, 6) is 1.76. The molecule has 168 valence electrons. The molecule has 3 rings (SSSR count). The Hall–Kier alpha value is -2.18. The second kappa shape index (κ2) is 12.0. The van der Waals surface area contributed by atoms with Crippen LogP contribution in [0.5, 0.6) is 11.5 Å². The molecule has 6 heteroatoms. The maximum atomic E-state index is 12.7. The Bertz CT molecular complexity index is 850. The molecule has 1 fully saturated rings. The molecule has 1 saturated heterocycles. The molecule has 1 amide bonds. The van der Waals surface area contributed by atoms with Gasteiger partial charge in [0.25, 0.3) is 5.91 Å². The van der Waals surface area contributed by atoms with Crippen molar-refractivity contribution in [3.8, 4) is 11.5 Å². The highest BCUT2D eigenvalue weighted by Gasteiger charge is 2.21. The second-order valence-corrected chi connectivity index (χ2v) is 8.62. The van der Waals surface area contributed by atoms with Gasteiger partial charge in [0.15, 0.2) is 11.5 Å². The molecule has 1 aliphatic rings. The Labute approximate surface area is 190 Å². The molecule has 1 N–H and O–H groups in total. The van der Waals surface area contributed by atoms with Crippen molar-refractivity contribution in [2.45, 2.75) is 38.1 Å². The van der Waals surface area contributed by atoms with Crippen molar-refractivity contribution in [3.05, 3.63) is 53.6 Å². The monoisotopic (exact) mass is 442 g/mol. The van der Waals surface area contributed by atoms with Gasteiger partial charge in [0.2, 0.25) is 0 Å². The summed E-state index contributed by atoms with van der Waals surface area (Å²) in [6, 6.07) is 14.0. The van der Waals surface area contributed by atoms with E-state index in [9.17, 15) is 4.79 Å². The Morgan fingerprint density at radius 3 is 2.48 bits per heavy atom. The molecule has 5 nitrogen and oxygen atoms in total. The van der Waals surface area contributed by atoms with Gasteiger partial charge in [-0.15, -0.1) is 11.8 Å². The maximum Gasteiger partial charge on any atom is 0.251 e. The van der Waals surface area contributed by atoms with Gasteiger partial charge in [-0.25, -0.2) is 0 Å². The van der Waals surface area contributed by atoms with Crippen LogP contribution in [-0.4, -0.2) is 49.9 Å². The zero-order valence-corrected chi connectivity index (χ0v) is 19.7. The number of piperidine rings is 1. The van der Waals surface area contributed by atoms with Crippen LogP contribution in [0.3, 0.4) is 0 Å². The summed E-state index contributed by atoms with van der Waals surface area (Å²) in [6.07, 6.45) is 4.35. The topological polar surface area (TPSA) is 50.8 Å². The number of nitrogens with zero attached hydrogens (tertiary/aromatic N) is 1. The fourth-order valence-corrected chi connectivity index (χ4v) is 4.56. The number of benzene rings is 2. The zero-order chi connectivity index (χ0) is 22.1. The molecule has 0 spiro atoms. The van der Waals surface area contributed by atoms with Crippen molar-refractivity contribution in [1.82, 2.24) is 10.2 Å². The molecule has 0 radical (unpaired) electrons. The molecule has 0 saturated carbocycles. The van der Waals surface area contributed by atoms with Gasteiger partial charge >= 0.3 is 0 Å². The van der Waals surface area contributed by atoms with Gasteiger partial charge in [-0.05, 0) is 81.8 Å². The van der Waals surface area contributed by atoms with E-state index < -0.39 is 0 Å². The lowest BCUT2D eigenvalue weighted by molar-refractivity contribution is 0.0934. The summed E-state index contributed by atoms with van der Waals surface area (Å²) in [5, 5.41) is 3.12. The fourth-order valence-electron chi connectivity index (χ4n) is 3.95. The first-order valence-corrected chi connectivity index (χ1v) is 12.4. The molecule has 1 heterocycles. The van der Waals surface area contributed by atoms with Crippen LogP contribution in [0.2, 0.25) is 0 Å². The smallest absolute Gasteiger partial charge is 0.251 e. The Morgan fingerprint density at radius 1 is 1.06 bits per heavy atom. The summed E-state index contributed by atoms with van der Waals surface area (Å²) in [7, 11) is 0. The molecule has 0 unspecified atom stereocenters. The van der Waals surface area contributed by atoms with Crippen molar-refractivity contribution in [3.63, 3.8) is 0 Å². The minimum Gasteiger partial charge on any atom is -0.490 e. The lowest BCUT2D eigenvalue weighted by atomic mass is 9.96. The lowest BCUT2D eigenvalue weighted by Crippen LogP contribution is -2.38. The first-order chi connectivity index (χ1) is 15.1. The molecule has 0 aromatic heterocycles. The van der Waals surface area contributed by atoms with Gasteiger partial charge in [-0.3, -0.25) is 9.69 Å². The highest BCUT2D eigenvalue weighted by atomic mass is 32.2. The zero-order valence-electron chi connectivity index (χ0n) is 18.9. The van der Waals surface area contributed by atoms with E-state index in [1.807, 2.05) is 31.7 Å². The van der Waals surface area contributed by atoms with Crippen molar-refractivity contribution in [2.75, 3.05) is 39.1 Å². The average Bonchev–Trinajstić information content (AvgIpc) is 2.80. The van der Waals surface area contributed by atoms with Gasteiger partial charge in [-0.1, -0.05) is 18.2 Å². The van der Waals surface area contributed by atoms with E-state index in [0.717, 1.165) is 32.5 Å². The van der Waals surface area contributed by atoms with Gasteiger partial charge in [-0.2, -0.15) is 0 Å². The summed E-state index contributed by atoms with van der Waals surface area (Å²) >= 11 is 1.81. The number of ether oxygens (including phenoxy) is 2. The average molecular weight is 443 g/mol. The third-order valence-electron chi connectivity index (χ3n) is 5.65. The number of amides is 1. The summed E-state index contributed by atoms with van der Waals surface area (Å²) < 4.78 is 11.2. The van der Waals surface area contributed by atoms with Crippen molar-refractivity contribution >= 4 is 17.7 Å². The van der Waals surface area contributed by atoms with E-state index in [4.69, 9.17) is 9.47 Å². The van der Waals surface area contributed by atoms with Crippen molar-refractivity contribution in [1.29, 1.82) is 0 Å². The van der Waals surface area contributed by atoms with Gasteiger partial charge in [0.05, 0.1) is 13.2 Å². The van der Waals surface area contributed by atoms with E-state index in [2.05, 4.69) is 40.7 Å². The third-order valence-corrected chi connectivity index (χ3v) is 6.49. The van der Waals surface area contributed by atoms with Crippen LogP contribution < -0.4 is 14.8 Å². The molecule has 0 atom stereocenters. The number of thioether (sulfide) groups is 1. The van der Waals surface area contributed by atoms with E-state index >= 15 is 0 Å². The number of likely N-dealkylation sites (tertiary alicyclic amines) is 1. The molecule has 0 aliphatic carbocycles. The van der Waals surface area contributed by atoms with E-state index in [1.54, 1.807) is 12.1 Å². The molecule has 2 aromatic rings. The summed E-state index contributed by atoms with van der Waals surface area (Å²) in [4.78, 5) is 16.6. The predicted octanol–water partition coefficient (Wildman–Crippen LogP) is 4.85. The van der Waals surface area contributed by atoms with Gasteiger partial charge in [0.1, 0.15) is 0 Å². The van der Waals surface area contributed by atoms with Crippen molar-refractivity contribution < 1.29 is 14.3 Å². The van der Waals surface area contributed by atoms with Crippen LogP contribution >= 0.6 is 11.8 Å². The first-order valence-electron chi connectivity index (χ1n) is 11.2. The molecule has 1 aliphatic heterocycles. The lowest BCUT2D eigenvalue weighted by Gasteiger charge is -2.32. The van der Waals surface area contributed by atoms with Crippen molar-refractivity contribution in [2.24, 2.45) is 5.92 Å². The minimum atomic E-state index is -0.0553. The Balaban J connectivity index is 1.48. The molecule has 31 heavy (non-hydrogen) atoms. The number of nitrogens with one attached hydrogen (secondary N) is 1. The number of carbonyl (C=O) groups excluding carboxylic acids is 1. The van der Waals surface area contributed by atoms with Crippen LogP contribution in [0, 0.1) is 5.92 Å². The van der Waals surface area contributed by atoms with Crippen LogP contribution in [0.25, 0.3) is 0 Å². The van der Waals surface area contributed by atoms with Gasteiger partial charge in [0, 0.05) is 23.5 Å². The van der Waals surface area contributed by atoms with E-state index in [-0.39, 0.29) is 5.91 Å². The highest BCUT2D eigenvalue weighted by Crippen LogP contribution is 2.29. The summed E-state index contributed by atoms with van der Waals surface area (Å²) in [6.45, 7) is 8.81. The predicted molar refractivity (Wildman–Crippen MR) is 127 cm³/mol. The second-order valence-electron chi connectivity index (χ2n) is 7.77. The number of hydrogen-bond donors (Lipinski definition) is 1. The third kappa shape index (κ3) is 6.65. The largest absolute Gasteiger partial charge is 0.490 e. The van der Waals surface area contributed by atoms with Crippen LogP contribution in [0.15, 0.2) is 47.4 Å². The first kappa shape index (κ1) is 23.5. The SMILES string of the molecule is CCOc1ccc(C(=O)NCC2CCN(Cc3ccccc3SC)CC2)cc1OCC. The summed E-state index contributed by atoms with van der Waals surface area (Å²) in [5.41, 5.74) is 2.01. The maximum absolute atomic E-state index is 12.7. The standard InChI is InChI=1S/C25H34N2O3S/c1-4-29-22-11-10-20(16-23(22)30-5-2)25(28)26-17-19-12-14-27(15-13-19)18-21-8-6-7-9-24(21)31-3/h6-11,16,19H,4-5,12-15,17-18H2,1-3H3,(H,26,28). The highest BCUT2D eigenvalue weighted by molar-refractivity contribution is 7.98. The van der Waals surface area contributed by atoms with Gasteiger partial charge < -0.3 is 14.8 Å². The number of rotatable bonds is 10. The van der Waals surface area contributed by atoms with Crippen LogP contribution in [0.4, 0.5) is 0 Å². The normalized spacial score (nSPS) is 14.9. The molecule has 0 bridgehead atoms. The molecular formula is C25H34N2O3S. The van der Waals surface area contributed by atoms with Crippen LogP contribution in [-0.2, 0) is 6.54 Å². The molecular weight excluding hydrogens is 408 g/mol. The Kier molecular flexibility index (Phi) is 9.10. The number of hydrogen-bond acceptors (Lipinski definition) is 5. The Morgan fingerprint density at radius 2 is 1.77 bits per heavy atom. The van der Waals surface area contributed by atoms with Crippen LogP contribution in [0.1, 0.15) is 42.6 Å². The molecule has 2 aromatic carbocycles. The van der Waals surface area contributed by atoms with E-state index in [1.165, 1.54) is 10.5 Å². The quantitative estimate of drug-likeness (QED) is 0.533. The van der Waals surface area contributed by atoms with E-state index in [0.29, 0.717) is 42.7 Å². The minimum absolute atomic E-state index is 0.0553.